The second-order valence-electron chi connectivity index (χ2n) is 10.6. The Morgan fingerprint density at radius 2 is 1.81 bits per heavy atom. The van der Waals surface area contributed by atoms with Crippen molar-refractivity contribution >= 4 is 28.0 Å². The molecule has 3 aromatic heterocycles. The van der Waals surface area contributed by atoms with Gasteiger partial charge in [0.2, 0.25) is 5.95 Å². The van der Waals surface area contributed by atoms with Crippen LogP contribution in [0.5, 0.6) is 0 Å². The Hall–Kier alpha value is -3.15. The van der Waals surface area contributed by atoms with E-state index in [2.05, 4.69) is 11.8 Å². The lowest BCUT2D eigenvalue weighted by atomic mass is 9.88. The first-order chi connectivity index (χ1) is 17.8. The van der Waals surface area contributed by atoms with Crippen LogP contribution in [0.2, 0.25) is 0 Å². The van der Waals surface area contributed by atoms with Crippen LogP contribution in [0.3, 0.4) is 0 Å². The van der Waals surface area contributed by atoms with Gasteiger partial charge in [0.1, 0.15) is 5.82 Å². The minimum absolute atomic E-state index is 0.0414. The molecule has 1 N–H and O–H groups in total. The van der Waals surface area contributed by atoms with Crippen LogP contribution in [0.15, 0.2) is 24.3 Å². The van der Waals surface area contributed by atoms with Gasteiger partial charge in [0.25, 0.3) is 0 Å². The van der Waals surface area contributed by atoms with E-state index in [1.165, 1.54) is 0 Å². The Kier molecular flexibility index (Phi) is 5.70. The molecule has 0 radical (unpaired) electrons. The number of hydrogen-bond donors (Lipinski definition) is 1. The van der Waals surface area contributed by atoms with E-state index in [0.717, 1.165) is 16.9 Å². The first-order valence-corrected chi connectivity index (χ1v) is 12.8. The number of aryl methyl sites for hydroxylation is 2. The minimum atomic E-state index is -1.64. The topological polar surface area (TPSA) is 97.4 Å². The normalized spacial score (nSPS) is 18.6. The van der Waals surface area contributed by atoms with Crippen LogP contribution in [-0.4, -0.2) is 90.6 Å². The number of anilines is 1. The highest BCUT2D eigenvalue weighted by molar-refractivity contribution is 5.86. The molecule has 0 aliphatic carbocycles. The number of halogens is 1. The van der Waals surface area contributed by atoms with Crippen molar-refractivity contribution in [3.8, 4) is 5.95 Å². The van der Waals surface area contributed by atoms with Gasteiger partial charge in [-0.2, -0.15) is 9.97 Å². The van der Waals surface area contributed by atoms with Gasteiger partial charge in [0.05, 0.1) is 30.9 Å². The predicted octanol–water partition coefficient (Wildman–Crippen LogP) is 2.35. The largest absolute Gasteiger partial charge is 0.394 e. The highest BCUT2D eigenvalue weighted by atomic mass is 19.1. The fraction of sp³-hybridized carbons (Fsp3) is 0.538. The van der Waals surface area contributed by atoms with Crippen LogP contribution in [0.1, 0.15) is 32.4 Å². The molecule has 0 saturated carbocycles. The van der Waals surface area contributed by atoms with Crippen molar-refractivity contribution < 1.29 is 14.2 Å². The Labute approximate surface area is 214 Å². The van der Waals surface area contributed by atoms with E-state index >= 15 is 4.39 Å². The third-order valence-corrected chi connectivity index (χ3v) is 7.67. The van der Waals surface area contributed by atoms with E-state index in [1.54, 1.807) is 4.57 Å². The number of aromatic nitrogens is 6. The number of ether oxygens (including phenoxy) is 1. The van der Waals surface area contributed by atoms with Crippen molar-refractivity contribution in [2.45, 2.75) is 38.4 Å². The molecule has 5 heterocycles. The quantitative estimate of drug-likeness (QED) is 0.424. The lowest BCUT2D eigenvalue weighted by Gasteiger charge is -2.51. The van der Waals surface area contributed by atoms with E-state index in [1.807, 2.05) is 54.6 Å². The van der Waals surface area contributed by atoms with Gasteiger partial charge in [-0.1, -0.05) is 19.1 Å². The maximum absolute atomic E-state index is 16.2. The number of morpholine rings is 1. The van der Waals surface area contributed by atoms with E-state index < -0.39 is 11.2 Å². The summed E-state index contributed by atoms with van der Waals surface area (Å²) >= 11 is 0. The molecule has 4 aromatic rings. The van der Waals surface area contributed by atoms with Crippen molar-refractivity contribution in [1.29, 1.82) is 0 Å². The number of nitrogens with zero attached hydrogens (tertiary/aromatic N) is 8. The highest BCUT2D eigenvalue weighted by Crippen LogP contribution is 2.41. The number of alkyl halides is 1. The molecule has 2 fully saturated rings. The second-order valence-corrected chi connectivity index (χ2v) is 10.6. The molecular weight excluding hydrogens is 475 g/mol. The number of aliphatic hydroxyl groups is 1. The van der Waals surface area contributed by atoms with Gasteiger partial charge in [-0.15, -0.1) is 0 Å². The molecule has 2 aliphatic heterocycles. The van der Waals surface area contributed by atoms with Crippen molar-refractivity contribution in [3.63, 3.8) is 0 Å². The maximum Gasteiger partial charge on any atom is 0.239 e. The van der Waals surface area contributed by atoms with E-state index in [0.29, 0.717) is 61.5 Å². The average molecular weight is 509 g/mol. The Morgan fingerprint density at radius 3 is 2.51 bits per heavy atom. The third-order valence-electron chi connectivity index (χ3n) is 7.67. The fourth-order valence-electron chi connectivity index (χ4n) is 5.30. The number of para-hydroxylation sites is 2. The fourth-order valence-corrected chi connectivity index (χ4v) is 5.30. The summed E-state index contributed by atoms with van der Waals surface area (Å²) in [5.41, 5.74) is 0.842. The zero-order chi connectivity index (χ0) is 25.9. The standard InChI is InChI=1S/C26H33FN8O2/c1-5-19-28-17-8-6-7-9-18(17)35(19)24-30-21-20(22(31-24)33-10-12-37-13-11-33)29-23(32(21)4)26(27)14-34(15-26)25(2,3)16-36/h6-9,36H,5,10-16H2,1-4H3. The van der Waals surface area contributed by atoms with Crippen molar-refractivity contribution in [1.82, 2.24) is 34.0 Å². The van der Waals surface area contributed by atoms with Gasteiger partial charge in [-0.25, -0.2) is 14.4 Å². The summed E-state index contributed by atoms with van der Waals surface area (Å²) < 4.78 is 25.6. The molecule has 0 spiro atoms. The zero-order valence-electron chi connectivity index (χ0n) is 21.8. The van der Waals surface area contributed by atoms with Gasteiger partial charge >= 0.3 is 0 Å². The summed E-state index contributed by atoms with van der Waals surface area (Å²) in [6.07, 6.45) is 0.712. The SMILES string of the molecule is CCc1nc2ccccc2n1-c1nc(N2CCOCC2)c2nc(C3(F)CN(C(C)(C)CO)C3)n(C)c2n1. The molecule has 0 amide bonds. The van der Waals surface area contributed by atoms with E-state index in [4.69, 9.17) is 24.7 Å². The maximum atomic E-state index is 16.2. The number of imidazole rings is 2. The molecule has 2 aliphatic rings. The Bertz CT molecular complexity index is 1470. The van der Waals surface area contributed by atoms with Gasteiger partial charge in [-0.3, -0.25) is 9.47 Å². The number of fused-ring (bicyclic) bond motifs is 2. The van der Waals surface area contributed by atoms with Gasteiger partial charge in [0.15, 0.2) is 28.5 Å². The number of hydrogen-bond acceptors (Lipinski definition) is 8. The first-order valence-electron chi connectivity index (χ1n) is 12.8. The second kappa shape index (κ2) is 8.71. The Morgan fingerprint density at radius 1 is 1.08 bits per heavy atom. The monoisotopic (exact) mass is 508 g/mol. The highest BCUT2D eigenvalue weighted by Gasteiger charge is 2.52. The van der Waals surface area contributed by atoms with Crippen molar-refractivity contribution in [2.24, 2.45) is 7.05 Å². The summed E-state index contributed by atoms with van der Waals surface area (Å²) in [6.45, 7) is 8.69. The van der Waals surface area contributed by atoms with E-state index in [-0.39, 0.29) is 19.7 Å². The average Bonchev–Trinajstić information content (AvgIpc) is 3.44. The molecular formula is C26H33FN8O2. The number of likely N-dealkylation sites (tertiary alicyclic amines) is 1. The van der Waals surface area contributed by atoms with Crippen molar-refractivity contribution in [3.05, 3.63) is 35.9 Å². The van der Waals surface area contributed by atoms with E-state index in [9.17, 15) is 5.11 Å². The van der Waals surface area contributed by atoms with Crippen molar-refractivity contribution in [2.75, 3.05) is 50.9 Å². The number of aliphatic hydroxyl groups excluding tert-OH is 1. The molecule has 6 rings (SSSR count). The lowest BCUT2D eigenvalue weighted by Crippen LogP contribution is -2.65. The van der Waals surface area contributed by atoms with Crippen LogP contribution < -0.4 is 4.90 Å². The predicted molar refractivity (Wildman–Crippen MR) is 139 cm³/mol. The smallest absolute Gasteiger partial charge is 0.239 e. The summed E-state index contributed by atoms with van der Waals surface area (Å²) in [7, 11) is 1.82. The van der Waals surface area contributed by atoms with Crippen LogP contribution in [0, 0.1) is 0 Å². The van der Waals surface area contributed by atoms with Crippen LogP contribution in [0.25, 0.3) is 28.1 Å². The summed E-state index contributed by atoms with van der Waals surface area (Å²) in [5, 5.41) is 9.73. The third kappa shape index (κ3) is 3.79. The molecule has 0 unspecified atom stereocenters. The van der Waals surface area contributed by atoms with Gasteiger partial charge in [-0.05, 0) is 26.0 Å². The van der Waals surface area contributed by atoms with Gasteiger partial charge in [0, 0.05) is 45.2 Å². The molecule has 10 nitrogen and oxygen atoms in total. The number of benzene rings is 1. The molecule has 37 heavy (non-hydrogen) atoms. The van der Waals surface area contributed by atoms with Crippen LogP contribution in [-0.2, 0) is 23.9 Å². The first kappa shape index (κ1) is 24.2. The molecule has 0 bridgehead atoms. The molecule has 1 aromatic carbocycles. The molecule has 11 heteroatoms. The Balaban J connectivity index is 1.52. The zero-order valence-corrected chi connectivity index (χ0v) is 21.8. The van der Waals surface area contributed by atoms with Crippen LogP contribution in [0.4, 0.5) is 10.2 Å². The lowest BCUT2D eigenvalue weighted by molar-refractivity contribution is -0.108. The minimum Gasteiger partial charge on any atom is -0.394 e. The molecule has 2 saturated heterocycles. The summed E-state index contributed by atoms with van der Waals surface area (Å²) in [5.74, 6) is 2.37. The molecule has 196 valence electrons. The number of rotatable bonds is 6. The summed E-state index contributed by atoms with van der Waals surface area (Å²) in [6, 6.07) is 7.95. The van der Waals surface area contributed by atoms with Gasteiger partial charge < -0.3 is 19.3 Å². The molecule has 0 atom stereocenters. The van der Waals surface area contributed by atoms with Crippen LogP contribution >= 0.6 is 0 Å². The summed E-state index contributed by atoms with van der Waals surface area (Å²) in [4.78, 5) is 23.7.